The van der Waals surface area contributed by atoms with Crippen LogP contribution in [0.4, 0.5) is 5.69 Å². The third kappa shape index (κ3) is 7.70. The Morgan fingerprint density at radius 2 is 1.50 bits per heavy atom. The van der Waals surface area contributed by atoms with Crippen LogP contribution in [0.25, 0.3) is 0 Å². The van der Waals surface area contributed by atoms with Crippen molar-refractivity contribution in [2.45, 2.75) is 25.8 Å². The number of rotatable bonds is 9. The average molecular weight is 540 g/mol. The first-order chi connectivity index (χ1) is 19.6. The zero-order chi connectivity index (χ0) is 27.6. The first kappa shape index (κ1) is 27.4. The predicted molar refractivity (Wildman–Crippen MR) is 158 cm³/mol. The van der Waals surface area contributed by atoms with Crippen LogP contribution >= 0.6 is 0 Å². The zero-order valence-corrected chi connectivity index (χ0v) is 22.9. The van der Waals surface area contributed by atoms with Crippen molar-refractivity contribution in [2.24, 2.45) is 5.10 Å². The first-order valence-electron chi connectivity index (χ1n) is 14.1. The summed E-state index contributed by atoms with van der Waals surface area (Å²) in [5.41, 5.74) is 6.44. The molecule has 0 bridgehead atoms. The number of nitrogens with zero attached hydrogens (tertiary/aromatic N) is 4. The SMILES string of the molecule is O=C(N/N=C\c1ccc(OCC(=O)N2CCCCC2)cc1)c1ccc(CN2CCN(c3ccccc3)CC2)cc1. The van der Waals surface area contributed by atoms with E-state index in [1.807, 2.05) is 47.4 Å². The van der Waals surface area contributed by atoms with Crippen LogP contribution < -0.4 is 15.1 Å². The number of piperazine rings is 1. The number of benzene rings is 3. The molecule has 8 nitrogen and oxygen atoms in total. The van der Waals surface area contributed by atoms with Crippen LogP contribution in [0.5, 0.6) is 5.75 Å². The number of hydrazone groups is 1. The van der Waals surface area contributed by atoms with Gasteiger partial charge in [-0.05, 0) is 78.9 Å². The molecule has 2 amide bonds. The quantitative estimate of drug-likeness (QED) is 0.326. The highest BCUT2D eigenvalue weighted by molar-refractivity contribution is 5.94. The minimum atomic E-state index is -0.254. The third-order valence-electron chi connectivity index (χ3n) is 7.45. The van der Waals surface area contributed by atoms with Gasteiger partial charge in [0, 0.05) is 57.1 Å². The van der Waals surface area contributed by atoms with Crippen LogP contribution in [0.1, 0.15) is 40.7 Å². The highest BCUT2D eigenvalue weighted by Gasteiger charge is 2.18. The molecule has 1 N–H and O–H groups in total. The molecule has 3 aromatic carbocycles. The molecule has 2 saturated heterocycles. The molecule has 0 atom stereocenters. The number of anilines is 1. The molecule has 3 aromatic rings. The summed E-state index contributed by atoms with van der Waals surface area (Å²) in [4.78, 5) is 31.5. The normalized spacial score (nSPS) is 16.2. The Morgan fingerprint density at radius 3 is 2.20 bits per heavy atom. The Hall–Kier alpha value is -4.17. The number of para-hydroxylation sites is 1. The lowest BCUT2D eigenvalue weighted by atomic mass is 10.1. The van der Waals surface area contributed by atoms with E-state index in [4.69, 9.17) is 4.74 Å². The molecule has 40 heavy (non-hydrogen) atoms. The number of piperidine rings is 1. The van der Waals surface area contributed by atoms with Crippen LogP contribution in [0.3, 0.4) is 0 Å². The van der Waals surface area contributed by atoms with E-state index < -0.39 is 0 Å². The summed E-state index contributed by atoms with van der Waals surface area (Å²) >= 11 is 0. The maximum Gasteiger partial charge on any atom is 0.271 e. The summed E-state index contributed by atoms with van der Waals surface area (Å²) in [6.07, 6.45) is 4.91. The van der Waals surface area contributed by atoms with Crippen molar-refractivity contribution in [3.63, 3.8) is 0 Å². The zero-order valence-electron chi connectivity index (χ0n) is 22.9. The molecule has 0 saturated carbocycles. The van der Waals surface area contributed by atoms with Gasteiger partial charge in [0.05, 0.1) is 6.21 Å². The Kier molecular flexibility index (Phi) is 9.42. The number of hydrogen-bond acceptors (Lipinski definition) is 6. The highest BCUT2D eigenvalue weighted by atomic mass is 16.5. The van der Waals surface area contributed by atoms with Gasteiger partial charge in [0.1, 0.15) is 5.75 Å². The van der Waals surface area contributed by atoms with Crippen molar-refractivity contribution in [3.05, 3.63) is 95.6 Å². The molecule has 2 fully saturated rings. The molecule has 5 rings (SSSR count). The fourth-order valence-corrected chi connectivity index (χ4v) is 5.08. The second-order valence-corrected chi connectivity index (χ2v) is 10.3. The second kappa shape index (κ2) is 13.8. The van der Waals surface area contributed by atoms with Crippen molar-refractivity contribution in [1.29, 1.82) is 0 Å². The fourth-order valence-electron chi connectivity index (χ4n) is 5.08. The number of likely N-dealkylation sites (tertiary alicyclic amines) is 1. The Balaban J connectivity index is 1.03. The second-order valence-electron chi connectivity index (χ2n) is 10.3. The average Bonchev–Trinajstić information content (AvgIpc) is 3.02. The monoisotopic (exact) mass is 539 g/mol. The van der Waals surface area contributed by atoms with Gasteiger partial charge in [-0.25, -0.2) is 5.43 Å². The van der Waals surface area contributed by atoms with Crippen LogP contribution in [0.2, 0.25) is 0 Å². The van der Waals surface area contributed by atoms with Gasteiger partial charge in [0.15, 0.2) is 6.61 Å². The van der Waals surface area contributed by atoms with Crippen molar-refractivity contribution in [2.75, 3.05) is 50.8 Å². The topological polar surface area (TPSA) is 77.5 Å². The van der Waals surface area contributed by atoms with Gasteiger partial charge in [0.25, 0.3) is 11.8 Å². The number of hydrogen-bond donors (Lipinski definition) is 1. The maximum atomic E-state index is 12.5. The van der Waals surface area contributed by atoms with Crippen LogP contribution in [-0.4, -0.2) is 73.7 Å². The summed E-state index contributed by atoms with van der Waals surface area (Å²) in [5, 5.41) is 4.09. The largest absolute Gasteiger partial charge is 0.484 e. The van der Waals surface area contributed by atoms with Crippen LogP contribution in [0, 0.1) is 0 Å². The van der Waals surface area contributed by atoms with Gasteiger partial charge in [-0.15, -0.1) is 0 Å². The number of carbonyl (C=O) groups excluding carboxylic acids is 2. The van der Waals surface area contributed by atoms with E-state index in [1.165, 1.54) is 17.7 Å². The Labute approximate surface area is 236 Å². The molecule has 0 radical (unpaired) electrons. The van der Waals surface area contributed by atoms with Gasteiger partial charge >= 0.3 is 0 Å². The fraction of sp³-hybridized carbons (Fsp3) is 0.344. The smallest absolute Gasteiger partial charge is 0.271 e. The van der Waals surface area contributed by atoms with Crippen molar-refractivity contribution in [3.8, 4) is 5.75 Å². The van der Waals surface area contributed by atoms with Crippen LogP contribution in [0.15, 0.2) is 84.0 Å². The van der Waals surface area contributed by atoms with E-state index in [1.54, 1.807) is 18.3 Å². The van der Waals surface area contributed by atoms with Gasteiger partial charge in [-0.1, -0.05) is 30.3 Å². The van der Waals surface area contributed by atoms with Crippen LogP contribution in [-0.2, 0) is 11.3 Å². The number of ether oxygens (including phenoxy) is 1. The minimum absolute atomic E-state index is 0.0303. The van der Waals surface area contributed by atoms with E-state index in [9.17, 15) is 9.59 Å². The molecule has 0 aliphatic carbocycles. The molecule has 2 aliphatic rings. The van der Waals surface area contributed by atoms with Gasteiger partial charge in [-0.2, -0.15) is 5.10 Å². The lowest BCUT2D eigenvalue weighted by molar-refractivity contribution is -0.134. The first-order valence-corrected chi connectivity index (χ1v) is 14.1. The molecule has 208 valence electrons. The molecule has 2 aliphatic heterocycles. The Bertz CT molecular complexity index is 1260. The van der Waals surface area contributed by atoms with Crippen molar-refractivity contribution < 1.29 is 14.3 Å². The molecule has 2 heterocycles. The summed E-state index contributed by atoms with van der Waals surface area (Å²) in [7, 11) is 0. The van der Waals surface area contributed by atoms with Crippen molar-refractivity contribution >= 4 is 23.7 Å². The summed E-state index contributed by atoms with van der Waals surface area (Å²) in [6.45, 7) is 6.60. The molecular weight excluding hydrogens is 502 g/mol. The van der Waals surface area contributed by atoms with Gasteiger partial charge < -0.3 is 14.5 Å². The standard InChI is InChI=1S/C32H37N5O3/c38-31(37-17-5-2-6-18-37)25-40-30-15-11-26(12-16-30)23-33-34-32(39)28-13-9-27(10-14-28)24-35-19-21-36(22-20-35)29-7-3-1-4-8-29/h1,3-4,7-16,23H,2,5-6,17-22,24-25H2,(H,34,39)/b33-23-. The van der Waals surface area contributed by atoms with Gasteiger partial charge in [0.2, 0.25) is 0 Å². The summed E-state index contributed by atoms with van der Waals surface area (Å²) in [6, 6.07) is 25.5. The van der Waals surface area contributed by atoms with E-state index in [0.29, 0.717) is 11.3 Å². The number of carbonyl (C=O) groups is 2. The van der Waals surface area contributed by atoms with Gasteiger partial charge in [-0.3, -0.25) is 14.5 Å². The van der Waals surface area contributed by atoms with E-state index in [0.717, 1.165) is 64.2 Å². The van der Waals surface area contributed by atoms with Crippen molar-refractivity contribution in [1.82, 2.24) is 15.2 Å². The Morgan fingerprint density at radius 1 is 0.800 bits per heavy atom. The maximum absolute atomic E-state index is 12.5. The van der Waals surface area contributed by atoms with E-state index in [-0.39, 0.29) is 18.4 Å². The van der Waals surface area contributed by atoms with E-state index in [2.05, 4.69) is 44.6 Å². The molecule has 0 aromatic heterocycles. The molecule has 0 spiro atoms. The lowest BCUT2D eigenvalue weighted by Gasteiger charge is -2.36. The summed E-state index contributed by atoms with van der Waals surface area (Å²) in [5.74, 6) is 0.405. The minimum Gasteiger partial charge on any atom is -0.484 e. The number of nitrogens with one attached hydrogen (secondary N) is 1. The third-order valence-corrected chi connectivity index (χ3v) is 7.45. The molecule has 0 unspecified atom stereocenters. The lowest BCUT2D eigenvalue weighted by Crippen LogP contribution is -2.45. The number of amides is 2. The highest BCUT2D eigenvalue weighted by Crippen LogP contribution is 2.17. The predicted octanol–water partition coefficient (Wildman–Crippen LogP) is 4.16. The van der Waals surface area contributed by atoms with E-state index >= 15 is 0 Å². The molecular formula is C32H37N5O3. The molecule has 8 heteroatoms. The summed E-state index contributed by atoms with van der Waals surface area (Å²) < 4.78 is 5.65.